The SMILES string of the molecule is CCOc1ccc(C(=O)Nc2cc(-c3cn4cccnc4n3)ccc2OC)cc1. The lowest BCUT2D eigenvalue weighted by atomic mass is 10.1. The van der Waals surface area contributed by atoms with Crippen molar-refractivity contribution in [2.24, 2.45) is 0 Å². The summed E-state index contributed by atoms with van der Waals surface area (Å²) in [6.07, 6.45) is 5.47. The van der Waals surface area contributed by atoms with Gasteiger partial charge in [0, 0.05) is 29.7 Å². The number of amides is 1. The first kappa shape index (κ1) is 18.5. The van der Waals surface area contributed by atoms with Crippen LogP contribution >= 0.6 is 0 Å². The maximum absolute atomic E-state index is 12.7. The van der Waals surface area contributed by atoms with Crippen LogP contribution in [0.3, 0.4) is 0 Å². The number of benzene rings is 2. The molecule has 0 radical (unpaired) electrons. The van der Waals surface area contributed by atoms with Gasteiger partial charge in [0.05, 0.1) is 25.1 Å². The molecule has 0 unspecified atom stereocenters. The second-order valence-electron chi connectivity index (χ2n) is 6.28. The van der Waals surface area contributed by atoms with Gasteiger partial charge in [0.25, 0.3) is 5.91 Å². The van der Waals surface area contributed by atoms with Gasteiger partial charge in [0.15, 0.2) is 0 Å². The van der Waals surface area contributed by atoms with Gasteiger partial charge in [-0.3, -0.25) is 9.20 Å². The van der Waals surface area contributed by atoms with Crippen molar-refractivity contribution in [3.63, 3.8) is 0 Å². The molecule has 0 atom stereocenters. The molecule has 7 heteroatoms. The Morgan fingerprint density at radius 3 is 2.72 bits per heavy atom. The number of ether oxygens (including phenoxy) is 2. The van der Waals surface area contributed by atoms with Gasteiger partial charge in [-0.25, -0.2) is 9.97 Å². The third-order valence-corrected chi connectivity index (χ3v) is 4.41. The summed E-state index contributed by atoms with van der Waals surface area (Å²) in [5, 5.41) is 2.92. The zero-order chi connectivity index (χ0) is 20.2. The van der Waals surface area contributed by atoms with Crippen molar-refractivity contribution in [2.45, 2.75) is 6.92 Å². The van der Waals surface area contributed by atoms with Gasteiger partial charge in [-0.2, -0.15) is 0 Å². The number of anilines is 1. The minimum atomic E-state index is -0.236. The lowest BCUT2D eigenvalue weighted by molar-refractivity contribution is 0.102. The van der Waals surface area contributed by atoms with Gasteiger partial charge in [0.2, 0.25) is 5.78 Å². The molecular weight excluding hydrogens is 368 g/mol. The fourth-order valence-corrected chi connectivity index (χ4v) is 3.00. The van der Waals surface area contributed by atoms with Crippen LogP contribution in [0.25, 0.3) is 17.0 Å². The van der Waals surface area contributed by atoms with E-state index >= 15 is 0 Å². The minimum absolute atomic E-state index is 0.236. The maximum atomic E-state index is 12.7. The maximum Gasteiger partial charge on any atom is 0.255 e. The molecule has 4 rings (SSSR count). The van der Waals surface area contributed by atoms with Crippen LogP contribution in [0.15, 0.2) is 67.1 Å². The second kappa shape index (κ2) is 8.02. The minimum Gasteiger partial charge on any atom is -0.495 e. The topological polar surface area (TPSA) is 77.8 Å². The molecule has 0 fully saturated rings. The molecule has 0 aliphatic heterocycles. The van der Waals surface area contributed by atoms with E-state index in [0.29, 0.717) is 29.4 Å². The van der Waals surface area contributed by atoms with Crippen LogP contribution in [0.4, 0.5) is 5.69 Å². The van der Waals surface area contributed by atoms with E-state index in [9.17, 15) is 4.79 Å². The molecular formula is C22H20N4O3. The summed E-state index contributed by atoms with van der Waals surface area (Å²) in [5.41, 5.74) is 2.69. The molecule has 0 aliphatic carbocycles. The first-order chi connectivity index (χ1) is 14.2. The predicted molar refractivity (Wildman–Crippen MR) is 111 cm³/mol. The number of aromatic nitrogens is 3. The monoisotopic (exact) mass is 388 g/mol. The normalized spacial score (nSPS) is 10.7. The van der Waals surface area contributed by atoms with Crippen LogP contribution in [0, 0.1) is 0 Å². The van der Waals surface area contributed by atoms with Crippen molar-refractivity contribution >= 4 is 17.4 Å². The molecule has 2 heterocycles. The Bertz CT molecular complexity index is 1120. The Kier molecular flexibility index (Phi) is 5.11. The van der Waals surface area contributed by atoms with Gasteiger partial charge >= 0.3 is 0 Å². The highest BCUT2D eigenvalue weighted by atomic mass is 16.5. The van der Waals surface area contributed by atoms with E-state index in [1.807, 2.05) is 41.9 Å². The number of carbonyl (C=O) groups excluding carboxylic acids is 1. The van der Waals surface area contributed by atoms with Gasteiger partial charge in [-0.1, -0.05) is 0 Å². The number of nitrogens with one attached hydrogen (secondary N) is 1. The summed E-state index contributed by atoms with van der Waals surface area (Å²) in [5.74, 6) is 1.66. The average molecular weight is 388 g/mol. The Morgan fingerprint density at radius 2 is 2.00 bits per heavy atom. The fraction of sp³-hybridized carbons (Fsp3) is 0.136. The Balaban J connectivity index is 1.62. The molecule has 29 heavy (non-hydrogen) atoms. The van der Waals surface area contributed by atoms with Crippen molar-refractivity contribution in [3.8, 4) is 22.8 Å². The number of rotatable bonds is 6. The molecule has 0 saturated carbocycles. The van der Waals surface area contributed by atoms with Gasteiger partial charge < -0.3 is 14.8 Å². The summed E-state index contributed by atoms with van der Waals surface area (Å²) in [4.78, 5) is 21.5. The van der Waals surface area contributed by atoms with Crippen molar-refractivity contribution in [1.29, 1.82) is 0 Å². The quantitative estimate of drug-likeness (QED) is 0.539. The number of fused-ring (bicyclic) bond motifs is 1. The molecule has 146 valence electrons. The third kappa shape index (κ3) is 3.89. The summed E-state index contributed by atoms with van der Waals surface area (Å²) >= 11 is 0. The van der Waals surface area contributed by atoms with Crippen LogP contribution in [0.1, 0.15) is 17.3 Å². The number of methoxy groups -OCH3 is 1. The summed E-state index contributed by atoms with van der Waals surface area (Å²) < 4.78 is 12.7. The lowest BCUT2D eigenvalue weighted by Crippen LogP contribution is -2.12. The van der Waals surface area contributed by atoms with E-state index in [1.54, 1.807) is 43.6 Å². The van der Waals surface area contributed by atoms with Crippen LogP contribution in [0.2, 0.25) is 0 Å². The zero-order valence-corrected chi connectivity index (χ0v) is 16.1. The van der Waals surface area contributed by atoms with Crippen LogP contribution in [-0.2, 0) is 0 Å². The molecule has 0 spiro atoms. The summed E-state index contributed by atoms with van der Waals surface area (Å²) in [7, 11) is 1.57. The number of hydrogen-bond donors (Lipinski definition) is 1. The van der Waals surface area contributed by atoms with Crippen molar-refractivity contribution < 1.29 is 14.3 Å². The average Bonchev–Trinajstić information content (AvgIpc) is 3.19. The molecule has 2 aromatic heterocycles. The number of hydrogen-bond acceptors (Lipinski definition) is 5. The van der Waals surface area contributed by atoms with Crippen molar-refractivity contribution in [3.05, 3.63) is 72.7 Å². The molecule has 4 aromatic rings. The fourth-order valence-electron chi connectivity index (χ4n) is 3.00. The van der Waals surface area contributed by atoms with E-state index < -0.39 is 0 Å². The summed E-state index contributed by atoms with van der Waals surface area (Å²) in [6.45, 7) is 2.49. The van der Waals surface area contributed by atoms with Crippen LogP contribution < -0.4 is 14.8 Å². The third-order valence-electron chi connectivity index (χ3n) is 4.41. The first-order valence-corrected chi connectivity index (χ1v) is 9.20. The van der Waals surface area contributed by atoms with E-state index in [-0.39, 0.29) is 5.91 Å². The Hall–Kier alpha value is -3.87. The molecule has 2 aromatic carbocycles. The van der Waals surface area contributed by atoms with E-state index in [2.05, 4.69) is 15.3 Å². The largest absolute Gasteiger partial charge is 0.495 e. The molecule has 0 bridgehead atoms. The molecule has 0 aliphatic rings. The second-order valence-corrected chi connectivity index (χ2v) is 6.28. The van der Waals surface area contributed by atoms with Crippen molar-refractivity contribution in [2.75, 3.05) is 19.0 Å². The smallest absolute Gasteiger partial charge is 0.255 e. The Labute approximate surface area is 168 Å². The number of imidazole rings is 1. The number of carbonyl (C=O) groups is 1. The van der Waals surface area contributed by atoms with Gasteiger partial charge in [-0.05, 0) is 55.5 Å². The molecule has 7 nitrogen and oxygen atoms in total. The van der Waals surface area contributed by atoms with E-state index in [4.69, 9.17) is 9.47 Å². The number of nitrogens with zero attached hydrogens (tertiary/aromatic N) is 3. The van der Waals surface area contributed by atoms with E-state index in [1.165, 1.54) is 0 Å². The van der Waals surface area contributed by atoms with E-state index in [0.717, 1.165) is 17.0 Å². The lowest BCUT2D eigenvalue weighted by Gasteiger charge is -2.12. The molecule has 1 N–H and O–H groups in total. The summed E-state index contributed by atoms with van der Waals surface area (Å²) in [6, 6.07) is 14.4. The van der Waals surface area contributed by atoms with Gasteiger partial charge in [0.1, 0.15) is 11.5 Å². The standard InChI is InChI=1S/C22H20N4O3/c1-3-29-17-8-5-15(6-9-17)21(27)24-18-13-16(7-10-20(18)28-2)19-14-26-12-4-11-23-22(26)25-19/h4-14H,3H2,1-2H3,(H,24,27). The highest BCUT2D eigenvalue weighted by molar-refractivity contribution is 6.05. The van der Waals surface area contributed by atoms with Gasteiger partial charge in [-0.15, -0.1) is 0 Å². The predicted octanol–water partition coefficient (Wildman–Crippen LogP) is 4.06. The van der Waals surface area contributed by atoms with Crippen molar-refractivity contribution in [1.82, 2.24) is 14.4 Å². The van der Waals surface area contributed by atoms with Crippen LogP contribution in [-0.4, -0.2) is 34.0 Å². The first-order valence-electron chi connectivity index (χ1n) is 9.20. The van der Waals surface area contributed by atoms with Crippen LogP contribution in [0.5, 0.6) is 11.5 Å². The highest BCUT2D eigenvalue weighted by Crippen LogP contribution is 2.30. The Morgan fingerprint density at radius 1 is 1.17 bits per heavy atom. The highest BCUT2D eigenvalue weighted by Gasteiger charge is 2.13. The molecule has 0 saturated heterocycles. The zero-order valence-electron chi connectivity index (χ0n) is 16.1. The molecule has 1 amide bonds.